The molecular weight excluding hydrogens is 297 g/mol. The Morgan fingerprint density at radius 3 is 2.62 bits per heavy atom. The van der Waals surface area contributed by atoms with Crippen molar-refractivity contribution >= 4 is 39.4 Å². The van der Waals surface area contributed by atoms with E-state index >= 15 is 0 Å². The monoisotopic (exact) mass is 305 g/mol. The number of aliphatic carboxylic acids is 1. The van der Waals surface area contributed by atoms with E-state index in [1.807, 2.05) is 0 Å². The van der Waals surface area contributed by atoms with Crippen LogP contribution in [0.4, 0.5) is 0 Å². The normalized spacial score (nSPS) is 11.9. The van der Waals surface area contributed by atoms with Gasteiger partial charge in [0.1, 0.15) is 6.04 Å². The van der Waals surface area contributed by atoms with Crippen molar-refractivity contribution in [1.82, 2.24) is 5.32 Å². The van der Waals surface area contributed by atoms with Crippen LogP contribution in [0.15, 0.2) is 22.7 Å². The van der Waals surface area contributed by atoms with Gasteiger partial charge >= 0.3 is 5.97 Å². The summed E-state index contributed by atoms with van der Waals surface area (Å²) in [4.78, 5) is 22.2. The lowest BCUT2D eigenvalue weighted by Gasteiger charge is -2.10. The Kier molecular flexibility index (Phi) is 4.32. The molecule has 0 heterocycles. The van der Waals surface area contributed by atoms with E-state index in [-0.39, 0.29) is 0 Å². The SMILES string of the molecule is C[C@H](NC(=O)c1ccc(Cl)cc1Br)C(=O)O. The second kappa shape index (κ2) is 5.32. The number of nitrogens with one attached hydrogen (secondary N) is 1. The second-order valence-corrected chi connectivity index (χ2v) is 4.45. The summed E-state index contributed by atoms with van der Waals surface area (Å²) in [5.74, 6) is -1.54. The number of amides is 1. The van der Waals surface area contributed by atoms with E-state index in [4.69, 9.17) is 16.7 Å². The van der Waals surface area contributed by atoms with Crippen LogP contribution < -0.4 is 5.32 Å². The number of carboxylic acid groups (broad SMARTS) is 1. The van der Waals surface area contributed by atoms with Crippen molar-refractivity contribution < 1.29 is 14.7 Å². The first-order chi connectivity index (χ1) is 7.41. The summed E-state index contributed by atoms with van der Waals surface area (Å²) in [5.41, 5.74) is 0.345. The Morgan fingerprint density at radius 1 is 1.50 bits per heavy atom. The number of benzene rings is 1. The van der Waals surface area contributed by atoms with Gasteiger partial charge in [0.05, 0.1) is 5.56 Å². The Morgan fingerprint density at radius 2 is 2.12 bits per heavy atom. The summed E-state index contributed by atoms with van der Waals surface area (Å²) >= 11 is 8.90. The van der Waals surface area contributed by atoms with Crippen LogP contribution in [-0.4, -0.2) is 23.0 Å². The predicted molar refractivity (Wildman–Crippen MR) is 63.7 cm³/mol. The van der Waals surface area contributed by atoms with Gasteiger partial charge in [-0.15, -0.1) is 0 Å². The van der Waals surface area contributed by atoms with E-state index < -0.39 is 17.9 Å². The molecule has 16 heavy (non-hydrogen) atoms. The molecule has 4 nitrogen and oxygen atoms in total. The number of hydrogen-bond donors (Lipinski definition) is 2. The summed E-state index contributed by atoms with van der Waals surface area (Å²) in [5, 5.41) is 11.5. The predicted octanol–water partition coefficient (Wildman–Crippen LogP) is 2.31. The fraction of sp³-hybridized carbons (Fsp3) is 0.200. The van der Waals surface area contributed by atoms with E-state index in [0.29, 0.717) is 15.1 Å². The van der Waals surface area contributed by atoms with Gasteiger partial charge in [-0.2, -0.15) is 0 Å². The quantitative estimate of drug-likeness (QED) is 0.900. The van der Waals surface area contributed by atoms with Crippen molar-refractivity contribution in [2.75, 3.05) is 0 Å². The summed E-state index contributed by atoms with van der Waals surface area (Å²) < 4.78 is 0.523. The van der Waals surface area contributed by atoms with E-state index in [1.54, 1.807) is 12.1 Å². The first-order valence-electron chi connectivity index (χ1n) is 4.40. The number of rotatable bonds is 3. The molecule has 1 atom stereocenters. The van der Waals surface area contributed by atoms with Gasteiger partial charge in [-0.3, -0.25) is 9.59 Å². The molecule has 0 radical (unpaired) electrons. The Hall–Kier alpha value is -1.07. The molecule has 6 heteroatoms. The third-order valence-corrected chi connectivity index (χ3v) is 2.78. The Bertz CT molecular complexity index is 436. The van der Waals surface area contributed by atoms with Crippen LogP contribution in [-0.2, 0) is 4.79 Å². The molecule has 0 spiro atoms. The molecule has 1 amide bonds. The maximum Gasteiger partial charge on any atom is 0.325 e. The highest BCUT2D eigenvalue weighted by Crippen LogP contribution is 2.21. The van der Waals surface area contributed by atoms with Gasteiger partial charge in [0.15, 0.2) is 0 Å². The van der Waals surface area contributed by atoms with Crippen molar-refractivity contribution in [2.24, 2.45) is 0 Å². The Balaban J connectivity index is 2.85. The third-order valence-electron chi connectivity index (χ3n) is 1.89. The highest BCUT2D eigenvalue weighted by atomic mass is 79.9. The molecule has 0 saturated carbocycles. The molecule has 0 aliphatic carbocycles. The average molecular weight is 307 g/mol. The zero-order valence-corrected chi connectivity index (χ0v) is 10.7. The second-order valence-electron chi connectivity index (χ2n) is 3.16. The molecule has 2 N–H and O–H groups in total. The average Bonchev–Trinajstić information content (AvgIpc) is 2.16. The lowest BCUT2D eigenvalue weighted by Crippen LogP contribution is -2.38. The molecule has 0 bridgehead atoms. The zero-order valence-electron chi connectivity index (χ0n) is 8.33. The van der Waals surface area contributed by atoms with Crippen LogP contribution in [0.2, 0.25) is 5.02 Å². The van der Waals surface area contributed by atoms with Crippen LogP contribution in [0.1, 0.15) is 17.3 Å². The van der Waals surface area contributed by atoms with Gasteiger partial charge < -0.3 is 10.4 Å². The molecule has 0 aliphatic rings. The number of carbonyl (C=O) groups is 2. The minimum Gasteiger partial charge on any atom is -0.480 e. The zero-order chi connectivity index (χ0) is 12.3. The first kappa shape index (κ1) is 13.0. The smallest absolute Gasteiger partial charge is 0.325 e. The van der Waals surface area contributed by atoms with Crippen LogP contribution in [0.3, 0.4) is 0 Å². The van der Waals surface area contributed by atoms with Crippen molar-refractivity contribution in [1.29, 1.82) is 0 Å². The van der Waals surface area contributed by atoms with Crippen molar-refractivity contribution in [3.8, 4) is 0 Å². The van der Waals surface area contributed by atoms with Crippen LogP contribution in [0.25, 0.3) is 0 Å². The highest BCUT2D eigenvalue weighted by molar-refractivity contribution is 9.10. The number of hydrogen-bond acceptors (Lipinski definition) is 2. The van der Waals surface area contributed by atoms with Gasteiger partial charge in [0.2, 0.25) is 0 Å². The van der Waals surface area contributed by atoms with E-state index in [1.165, 1.54) is 13.0 Å². The molecule has 1 aromatic rings. The standard InChI is InChI=1S/C10H9BrClNO3/c1-5(10(15)16)13-9(14)7-3-2-6(12)4-8(7)11/h2-5H,1H3,(H,13,14)(H,15,16)/t5-/m0/s1. The molecule has 0 aromatic heterocycles. The Labute approximate surface area is 106 Å². The minimum absolute atomic E-state index is 0.345. The number of carboxylic acids is 1. The van der Waals surface area contributed by atoms with Crippen molar-refractivity contribution in [2.45, 2.75) is 13.0 Å². The fourth-order valence-electron chi connectivity index (χ4n) is 1.01. The topological polar surface area (TPSA) is 66.4 Å². The summed E-state index contributed by atoms with van der Waals surface area (Å²) in [7, 11) is 0. The summed E-state index contributed by atoms with van der Waals surface area (Å²) in [6.45, 7) is 1.39. The maximum atomic E-state index is 11.6. The van der Waals surface area contributed by atoms with Crippen LogP contribution in [0.5, 0.6) is 0 Å². The summed E-state index contributed by atoms with van der Waals surface area (Å²) in [6.07, 6.45) is 0. The number of carbonyl (C=O) groups excluding carboxylic acids is 1. The molecule has 0 fully saturated rings. The number of halogens is 2. The molecule has 86 valence electrons. The molecule has 1 rings (SSSR count). The van der Waals surface area contributed by atoms with Crippen LogP contribution in [0, 0.1) is 0 Å². The molecule has 0 aliphatic heterocycles. The maximum absolute atomic E-state index is 11.6. The first-order valence-corrected chi connectivity index (χ1v) is 5.57. The largest absolute Gasteiger partial charge is 0.480 e. The van der Waals surface area contributed by atoms with E-state index in [9.17, 15) is 9.59 Å². The van der Waals surface area contributed by atoms with E-state index in [2.05, 4.69) is 21.2 Å². The lowest BCUT2D eigenvalue weighted by molar-refractivity contribution is -0.138. The van der Waals surface area contributed by atoms with Gasteiger partial charge in [0.25, 0.3) is 5.91 Å². The van der Waals surface area contributed by atoms with Crippen LogP contribution >= 0.6 is 27.5 Å². The minimum atomic E-state index is -1.08. The molecule has 0 unspecified atom stereocenters. The lowest BCUT2D eigenvalue weighted by atomic mass is 10.2. The van der Waals surface area contributed by atoms with Gasteiger partial charge in [-0.1, -0.05) is 11.6 Å². The van der Waals surface area contributed by atoms with Gasteiger partial charge in [-0.05, 0) is 41.1 Å². The van der Waals surface area contributed by atoms with Crippen molar-refractivity contribution in [3.05, 3.63) is 33.3 Å². The summed E-state index contributed by atoms with van der Waals surface area (Å²) in [6, 6.07) is 3.72. The molecular formula is C10H9BrClNO3. The van der Waals surface area contributed by atoms with Gasteiger partial charge in [-0.25, -0.2) is 0 Å². The van der Waals surface area contributed by atoms with Gasteiger partial charge in [0, 0.05) is 9.50 Å². The van der Waals surface area contributed by atoms with E-state index in [0.717, 1.165) is 0 Å². The molecule has 1 aromatic carbocycles. The molecule has 0 saturated heterocycles. The highest BCUT2D eigenvalue weighted by Gasteiger charge is 2.16. The third kappa shape index (κ3) is 3.21. The van der Waals surface area contributed by atoms with Crippen molar-refractivity contribution in [3.63, 3.8) is 0 Å². The fourth-order valence-corrected chi connectivity index (χ4v) is 1.87.